The van der Waals surface area contributed by atoms with Crippen LogP contribution in [0.1, 0.15) is 31.9 Å². The minimum atomic E-state index is -0.389. The van der Waals surface area contributed by atoms with Crippen molar-refractivity contribution >= 4 is 23.4 Å². The van der Waals surface area contributed by atoms with E-state index in [4.69, 9.17) is 11.6 Å². The lowest BCUT2D eigenvalue weighted by atomic mass is 9.93. The lowest BCUT2D eigenvalue weighted by Crippen LogP contribution is -2.42. The normalized spacial score (nSPS) is 22.3. The highest BCUT2D eigenvalue weighted by atomic mass is 35.5. The van der Waals surface area contributed by atoms with Gasteiger partial charge in [0, 0.05) is 31.1 Å². The highest BCUT2D eigenvalue weighted by Gasteiger charge is 2.42. The van der Waals surface area contributed by atoms with Crippen LogP contribution in [0.15, 0.2) is 24.3 Å². The Morgan fingerprint density at radius 2 is 2.22 bits per heavy atom. The summed E-state index contributed by atoms with van der Waals surface area (Å²) < 4.78 is 0. The zero-order valence-corrected chi connectivity index (χ0v) is 14.6. The van der Waals surface area contributed by atoms with Crippen LogP contribution >= 0.6 is 11.6 Å². The van der Waals surface area contributed by atoms with Crippen molar-refractivity contribution in [2.75, 3.05) is 20.1 Å². The first kappa shape index (κ1) is 17.8. The second kappa shape index (κ2) is 7.79. The van der Waals surface area contributed by atoms with E-state index in [1.807, 2.05) is 32.0 Å². The number of hydrogen-bond donors (Lipinski definition) is 2. The smallest absolute Gasteiger partial charge is 0.226 e. The average molecular weight is 338 g/mol. The number of halogens is 1. The highest BCUT2D eigenvalue weighted by Crippen LogP contribution is 2.37. The van der Waals surface area contributed by atoms with E-state index in [9.17, 15) is 9.59 Å². The molecule has 0 aromatic heterocycles. The summed E-state index contributed by atoms with van der Waals surface area (Å²) in [5.41, 5.74) is 0.894. The molecule has 2 unspecified atom stereocenters. The molecule has 1 heterocycles. The monoisotopic (exact) mass is 337 g/mol. The van der Waals surface area contributed by atoms with Crippen molar-refractivity contribution in [3.8, 4) is 0 Å². The Hall–Kier alpha value is -1.59. The van der Waals surface area contributed by atoms with Crippen LogP contribution in [-0.4, -0.2) is 42.9 Å². The fraction of sp³-hybridized carbons (Fsp3) is 0.529. The summed E-state index contributed by atoms with van der Waals surface area (Å²) in [6.45, 7) is 5.44. The SMILES string of the molecule is CCN[C@H](C)CNC(=O)C1CC(=O)N(C)C1c1cccc(Cl)c1. The Balaban J connectivity index is 2.12. The van der Waals surface area contributed by atoms with E-state index in [1.165, 1.54) is 0 Å². The van der Waals surface area contributed by atoms with Gasteiger partial charge in [-0.1, -0.05) is 30.7 Å². The fourth-order valence-corrected chi connectivity index (χ4v) is 3.26. The van der Waals surface area contributed by atoms with Crippen LogP contribution in [0.25, 0.3) is 0 Å². The third-order valence-electron chi connectivity index (χ3n) is 4.25. The summed E-state index contributed by atoms with van der Waals surface area (Å²) in [7, 11) is 1.74. The molecular formula is C17H24ClN3O2. The maximum absolute atomic E-state index is 12.6. The maximum atomic E-state index is 12.6. The van der Waals surface area contributed by atoms with Gasteiger partial charge in [0.15, 0.2) is 0 Å². The molecule has 5 nitrogen and oxygen atoms in total. The topological polar surface area (TPSA) is 61.4 Å². The molecule has 2 N–H and O–H groups in total. The second-order valence-electron chi connectivity index (χ2n) is 6.02. The molecule has 2 rings (SSSR count). The summed E-state index contributed by atoms with van der Waals surface area (Å²) in [4.78, 5) is 26.3. The van der Waals surface area contributed by atoms with Crippen molar-refractivity contribution in [2.24, 2.45) is 5.92 Å². The largest absolute Gasteiger partial charge is 0.354 e. The minimum absolute atomic E-state index is 0.0187. The highest BCUT2D eigenvalue weighted by molar-refractivity contribution is 6.30. The summed E-state index contributed by atoms with van der Waals surface area (Å²) >= 11 is 6.06. The maximum Gasteiger partial charge on any atom is 0.226 e. The van der Waals surface area contributed by atoms with E-state index < -0.39 is 0 Å². The number of likely N-dealkylation sites (N-methyl/N-ethyl adjacent to an activating group) is 1. The number of nitrogens with one attached hydrogen (secondary N) is 2. The summed E-state index contributed by atoms with van der Waals surface area (Å²) in [6.07, 6.45) is 0.231. The molecule has 1 aliphatic heterocycles. The van der Waals surface area contributed by atoms with Crippen LogP contribution in [-0.2, 0) is 9.59 Å². The molecule has 1 saturated heterocycles. The fourth-order valence-electron chi connectivity index (χ4n) is 3.06. The number of carbonyl (C=O) groups excluding carboxylic acids is 2. The van der Waals surface area contributed by atoms with Crippen LogP contribution in [0, 0.1) is 5.92 Å². The molecule has 6 heteroatoms. The van der Waals surface area contributed by atoms with Gasteiger partial charge in [-0.3, -0.25) is 9.59 Å². The minimum Gasteiger partial charge on any atom is -0.354 e. The molecule has 1 fully saturated rings. The van der Waals surface area contributed by atoms with Crippen LogP contribution < -0.4 is 10.6 Å². The van der Waals surface area contributed by atoms with Gasteiger partial charge < -0.3 is 15.5 Å². The van der Waals surface area contributed by atoms with Crippen LogP contribution in [0.5, 0.6) is 0 Å². The Morgan fingerprint density at radius 3 is 2.87 bits per heavy atom. The number of likely N-dealkylation sites (tertiary alicyclic amines) is 1. The van der Waals surface area contributed by atoms with E-state index in [1.54, 1.807) is 18.0 Å². The quantitative estimate of drug-likeness (QED) is 0.834. The molecule has 1 aromatic rings. The lowest BCUT2D eigenvalue weighted by Gasteiger charge is -2.25. The Kier molecular flexibility index (Phi) is 6.02. The number of benzene rings is 1. The van der Waals surface area contributed by atoms with E-state index in [0.29, 0.717) is 11.6 Å². The number of hydrogen-bond acceptors (Lipinski definition) is 3. The third-order valence-corrected chi connectivity index (χ3v) is 4.48. The first-order valence-corrected chi connectivity index (χ1v) is 8.34. The van der Waals surface area contributed by atoms with Gasteiger partial charge in [0.1, 0.15) is 0 Å². The van der Waals surface area contributed by atoms with E-state index >= 15 is 0 Å². The molecule has 1 aromatic carbocycles. The standard InChI is InChI=1S/C17H24ClN3O2/c1-4-19-11(2)10-20-17(23)14-9-15(22)21(3)16(14)12-6-5-7-13(18)8-12/h5-8,11,14,16,19H,4,9-10H2,1-3H3,(H,20,23)/t11-,14?,16?/m1/s1. The van der Waals surface area contributed by atoms with Gasteiger partial charge in [0.2, 0.25) is 11.8 Å². The predicted molar refractivity (Wildman–Crippen MR) is 91.2 cm³/mol. The van der Waals surface area contributed by atoms with Gasteiger partial charge in [0.25, 0.3) is 0 Å². The van der Waals surface area contributed by atoms with Crippen LogP contribution in [0.3, 0.4) is 0 Å². The van der Waals surface area contributed by atoms with E-state index in [0.717, 1.165) is 12.1 Å². The van der Waals surface area contributed by atoms with Gasteiger partial charge in [-0.2, -0.15) is 0 Å². The predicted octanol–water partition coefficient (Wildman–Crippen LogP) is 1.97. The van der Waals surface area contributed by atoms with Crippen LogP contribution in [0.2, 0.25) is 5.02 Å². The van der Waals surface area contributed by atoms with Crippen LogP contribution in [0.4, 0.5) is 0 Å². The van der Waals surface area contributed by atoms with Crippen molar-refractivity contribution in [1.29, 1.82) is 0 Å². The van der Waals surface area contributed by atoms with Crippen molar-refractivity contribution in [1.82, 2.24) is 15.5 Å². The Labute approximate surface area is 142 Å². The second-order valence-corrected chi connectivity index (χ2v) is 6.46. The molecule has 2 amide bonds. The molecule has 3 atom stereocenters. The summed E-state index contributed by atoms with van der Waals surface area (Å²) in [5, 5.41) is 6.81. The van der Waals surface area contributed by atoms with Crippen molar-refractivity contribution in [2.45, 2.75) is 32.4 Å². The van der Waals surface area contributed by atoms with E-state index in [-0.39, 0.29) is 36.2 Å². The molecule has 23 heavy (non-hydrogen) atoms. The number of rotatable bonds is 6. The first-order valence-electron chi connectivity index (χ1n) is 7.96. The summed E-state index contributed by atoms with van der Waals surface area (Å²) in [6, 6.07) is 7.29. The molecule has 0 aliphatic carbocycles. The molecule has 0 spiro atoms. The van der Waals surface area contributed by atoms with Gasteiger partial charge >= 0.3 is 0 Å². The zero-order chi connectivity index (χ0) is 17.0. The third kappa shape index (κ3) is 4.24. The number of amides is 2. The van der Waals surface area contributed by atoms with Crippen molar-refractivity contribution < 1.29 is 9.59 Å². The van der Waals surface area contributed by atoms with Gasteiger partial charge in [-0.05, 0) is 31.2 Å². The zero-order valence-electron chi connectivity index (χ0n) is 13.8. The Morgan fingerprint density at radius 1 is 1.48 bits per heavy atom. The van der Waals surface area contributed by atoms with Gasteiger partial charge in [-0.15, -0.1) is 0 Å². The molecule has 0 saturated carbocycles. The molecular weight excluding hydrogens is 314 g/mol. The molecule has 0 radical (unpaired) electrons. The molecule has 1 aliphatic rings. The first-order chi connectivity index (χ1) is 10.9. The number of carbonyl (C=O) groups is 2. The Bertz CT molecular complexity index is 579. The lowest BCUT2D eigenvalue weighted by molar-refractivity contribution is -0.128. The molecule has 0 bridgehead atoms. The molecule has 126 valence electrons. The number of nitrogens with zero attached hydrogens (tertiary/aromatic N) is 1. The average Bonchev–Trinajstić information content (AvgIpc) is 2.81. The summed E-state index contributed by atoms with van der Waals surface area (Å²) in [5.74, 6) is -0.493. The van der Waals surface area contributed by atoms with Crippen molar-refractivity contribution in [3.05, 3.63) is 34.9 Å². The van der Waals surface area contributed by atoms with E-state index in [2.05, 4.69) is 10.6 Å². The van der Waals surface area contributed by atoms with Gasteiger partial charge in [0.05, 0.1) is 12.0 Å². The van der Waals surface area contributed by atoms with Gasteiger partial charge in [-0.25, -0.2) is 0 Å². The van der Waals surface area contributed by atoms with Crippen molar-refractivity contribution in [3.63, 3.8) is 0 Å².